The first kappa shape index (κ1) is 53.0. The van der Waals surface area contributed by atoms with Crippen molar-refractivity contribution in [1.82, 2.24) is 5.32 Å². The van der Waals surface area contributed by atoms with Crippen molar-refractivity contribution in [2.45, 2.75) is 180 Å². The smallest absolute Gasteiger partial charge is 0.408 e. The van der Waals surface area contributed by atoms with Crippen molar-refractivity contribution in [2.75, 3.05) is 6.61 Å². The van der Waals surface area contributed by atoms with E-state index in [2.05, 4.69) is 11.9 Å². The van der Waals surface area contributed by atoms with Gasteiger partial charge in [0.05, 0.1) is 43.1 Å². The van der Waals surface area contributed by atoms with Gasteiger partial charge in [-0.2, -0.15) is 0 Å². The number of aliphatic carboxylic acids is 1. The highest BCUT2D eigenvalue weighted by atomic mass is 16.7. The third kappa shape index (κ3) is 10.3. The number of hydrogen-bond donors (Lipinski definition) is 3. The zero-order chi connectivity index (χ0) is 51.2. The van der Waals surface area contributed by atoms with Crippen molar-refractivity contribution in [3.63, 3.8) is 0 Å². The summed E-state index contributed by atoms with van der Waals surface area (Å²) >= 11 is 0. The van der Waals surface area contributed by atoms with Crippen LogP contribution in [0.15, 0.2) is 54.1 Å². The molecule has 19 heteroatoms. The lowest BCUT2D eigenvalue weighted by Crippen LogP contribution is -2.83. The van der Waals surface area contributed by atoms with E-state index in [0.29, 0.717) is 0 Å². The number of carbonyl (C=O) groups excluding carboxylic acids is 6. The van der Waals surface area contributed by atoms with Gasteiger partial charge in [-0.25, -0.2) is 14.4 Å². The molecule has 2 bridgehead atoms. The predicted molar refractivity (Wildman–Crippen MR) is 241 cm³/mol. The molecule has 3 aliphatic carbocycles. The van der Waals surface area contributed by atoms with Crippen molar-refractivity contribution in [2.24, 2.45) is 22.7 Å². The van der Waals surface area contributed by atoms with Gasteiger partial charge in [-0.3, -0.25) is 19.2 Å². The molecule has 2 saturated heterocycles. The van der Waals surface area contributed by atoms with Crippen LogP contribution in [0.25, 0.3) is 0 Å². The summed E-state index contributed by atoms with van der Waals surface area (Å²) in [4.78, 5) is 94.4. The van der Waals surface area contributed by atoms with Crippen LogP contribution in [0.4, 0.5) is 4.79 Å². The number of nitrogens with one attached hydrogen (secondary N) is 1. The minimum atomic E-state index is -2.33. The Morgan fingerprint density at radius 3 is 2.16 bits per heavy atom. The Balaban J connectivity index is 1.59. The lowest BCUT2D eigenvalue weighted by atomic mass is 9.44. The van der Waals surface area contributed by atoms with Crippen LogP contribution in [0.5, 0.6) is 0 Å². The quantitative estimate of drug-likeness (QED) is 0.115. The first-order chi connectivity index (χ1) is 32.1. The van der Waals surface area contributed by atoms with Crippen LogP contribution in [-0.2, 0) is 66.6 Å². The monoisotopic (exact) mass is 969 g/mol. The van der Waals surface area contributed by atoms with E-state index in [-0.39, 0.29) is 42.1 Å². The average Bonchev–Trinajstić information content (AvgIpc) is 3.23. The number of benzene rings is 1. The molecule has 0 aromatic heterocycles. The summed E-state index contributed by atoms with van der Waals surface area (Å²) in [6.45, 7) is 21.4. The topological polar surface area (TPSA) is 255 Å². The zero-order valence-corrected chi connectivity index (χ0v) is 41.2. The Labute approximate surface area is 401 Å². The fourth-order valence-corrected chi connectivity index (χ4v) is 11.2. The van der Waals surface area contributed by atoms with Crippen molar-refractivity contribution in [3.05, 3.63) is 59.7 Å². The molecule has 1 aromatic carbocycles. The van der Waals surface area contributed by atoms with Gasteiger partial charge in [0, 0.05) is 37.5 Å². The van der Waals surface area contributed by atoms with Crippen LogP contribution >= 0.6 is 0 Å². The van der Waals surface area contributed by atoms with Crippen molar-refractivity contribution < 1.29 is 86.4 Å². The lowest BCUT2D eigenvalue weighted by Gasteiger charge is -2.71. The largest absolute Gasteiger partial charge is 0.481 e. The first-order valence-electron chi connectivity index (χ1n) is 23.3. The van der Waals surface area contributed by atoms with E-state index >= 15 is 0 Å². The molecule has 380 valence electrons. The van der Waals surface area contributed by atoms with E-state index in [1.807, 2.05) is 0 Å². The molecule has 1 amide bonds. The number of aliphatic hydroxyl groups is 1. The fraction of sp³-hybridized carbons (Fsp3) is 0.660. The molecule has 2 aliphatic heterocycles. The van der Waals surface area contributed by atoms with Gasteiger partial charge in [-0.05, 0) is 69.4 Å². The van der Waals surface area contributed by atoms with Crippen LogP contribution in [0.2, 0.25) is 0 Å². The predicted octanol–water partition coefficient (Wildman–Crippen LogP) is 5.29. The number of hydrogen-bond acceptors (Lipinski definition) is 17. The molecule has 19 nitrogen and oxygen atoms in total. The number of alkyl carbamates (subject to hydrolysis) is 1. The van der Waals surface area contributed by atoms with Gasteiger partial charge in [-0.15, -0.1) is 0 Å². The van der Waals surface area contributed by atoms with Crippen LogP contribution in [0.1, 0.15) is 119 Å². The van der Waals surface area contributed by atoms with E-state index in [1.54, 1.807) is 80.5 Å². The molecule has 4 fully saturated rings. The maximum Gasteiger partial charge on any atom is 0.408 e. The molecule has 69 heavy (non-hydrogen) atoms. The molecular weight excluding hydrogens is 903 g/mol. The second kappa shape index (κ2) is 19.8. The maximum atomic E-state index is 15.0. The molecule has 0 spiro atoms. The van der Waals surface area contributed by atoms with Gasteiger partial charge < -0.3 is 58.2 Å². The number of rotatable bonds is 15. The Hall–Kier alpha value is -5.37. The Bertz CT molecular complexity index is 2220. The summed E-state index contributed by atoms with van der Waals surface area (Å²) in [6, 6.07) is 6.74. The molecule has 6 rings (SSSR count). The number of carboxylic acids is 1. The highest BCUT2D eigenvalue weighted by Gasteiger charge is 2.79. The van der Waals surface area contributed by atoms with Gasteiger partial charge in [0.25, 0.3) is 0 Å². The number of fused-ring (bicyclic) bond motifs is 4. The van der Waals surface area contributed by atoms with E-state index in [9.17, 15) is 43.8 Å². The summed E-state index contributed by atoms with van der Waals surface area (Å²) in [7, 11) is 0. The number of carbonyl (C=O) groups is 7. The van der Waals surface area contributed by atoms with Crippen molar-refractivity contribution in [3.8, 4) is 0 Å². The normalized spacial score (nSPS) is 32.9. The molecule has 2 saturated carbocycles. The molecule has 3 N–H and O–H groups in total. The molecule has 2 heterocycles. The Kier molecular flexibility index (Phi) is 15.2. The highest BCUT2D eigenvalue weighted by molar-refractivity contribution is 5.89. The van der Waals surface area contributed by atoms with Gasteiger partial charge >= 0.3 is 41.9 Å². The van der Waals surface area contributed by atoms with Gasteiger partial charge in [0.1, 0.15) is 35.6 Å². The second-order valence-corrected chi connectivity index (χ2v) is 20.9. The minimum absolute atomic E-state index is 0.0351. The number of amides is 1. The van der Waals surface area contributed by atoms with E-state index in [0.717, 1.165) is 0 Å². The van der Waals surface area contributed by atoms with E-state index < -0.39 is 150 Å². The Morgan fingerprint density at radius 1 is 0.942 bits per heavy atom. The van der Waals surface area contributed by atoms with Crippen molar-refractivity contribution in [1.29, 1.82) is 0 Å². The highest BCUT2D eigenvalue weighted by Crippen LogP contribution is 2.67. The SMILES string of the molecule is C=CC1O[C@H]2C[C@H]3OC[C@@]3(OC(C)=O)[C@H]3[C@H](OC(=O)c4ccccc4)[C@]4(O)C[C@H](OC(=O)[C@H](OC(=O)CCC(=O)O)[C@H](CC(C)C)NC(=O)OC(C)(C)C)C(C)=C([C@H](OC(C)=O)[C@H](O1)[C@]23C)C4(C)C. The van der Waals surface area contributed by atoms with Gasteiger partial charge in [0.15, 0.2) is 18.0 Å². The summed E-state index contributed by atoms with van der Waals surface area (Å²) in [5.41, 5.74) is -7.31. The average molecular weight is 970 g/mol. The summed E-state index contributed by atoms with van der Waals surface area (Å²) in [5.74, 6) is -7.39. The second-order valence-electron chi connectivity index (χ2n) is 20.9. The molecule has 5 aliphatic rings. The molecular formula is C50H67NO18. The Morgan fingerprint density at radius 2 is 1.61 bits per heavy atom. The van der Waals surface area contributed by atoms with Crippen LogP contribution in [-0.4, -0.2) is 131 Å². The first-order valence-corrected chi connectivity index (χ1v) is 23.3. The molecule has 1 aromatic rings. The van der Waals surface area contributed by atoms with Gasteiger partial charge in [-0.1, -0.05) is 59.4 Å². The standard InChI is InChI=1S/C50H67NO18/c1-13-36-64-32-22-33-49(24-61-33,68-28(6)53)40-42(67-43(57)29-17-15-14-16-18-29)50(60)23-31(26(4)37(47(50,10)11)39(62-27(5)52)41(66-36)48(32,40)12)63-44(58)38(65-35(56)20-19-34(54)55)30(21-25(2)3)51-45(59)69-46(7,8)9/h13-18,25,30-33,36,38-42,60H,1,19-24H2,2-12H3,(H,51,59)(H,54,55)/t30-,31-,32-,33+,36?,38+,39-,40-,41-,42-,48+,49-,50+/m0/s1. The lowest BCUT2D eigenvalue weighted by molar-refractivity contribution is -0.405. The third-order valence-corrected chi connectivity index (χ3v) is 14.2. The third-order valence-electron chi connectivity index (χ3n) is 14.2. The maximum absolute atomic E-state index is 15.0. The van der Waals surface area contributed by atoms with Crippen molar-refractivity contribution >= 4 is 41.9 Å². The summed E-state index contributed by atoms with van der Waals surface area (Å²) in [6.07, 6.45) is -11.6. The van der Waals surface area contributed by atoms with Gasteiger partial charge in [0.2, 0.25) is 6.10 Å². The van der Waals surface area contributed by atoms with E-state index in [4.69, 9.17) is 42.6 Å². The summed E-state index contributed by atoms with van der Waals surface area (Å²) < 4.78 is 56.3. The van der Waals surface area contributed by atoms with E-state index in [1.165, 1.54) is 32.1 Å². The summed E-state index contributed by atoms with van der Waals surface area (Å²) in [5, 5.41) is 26.1. The molecule has 13 atom stereocenters. The van der Waals surface area contributed by atoms with Crippen LogP contribution in [0.3, 0.4) is 0 Å². The molecule has 0 radical (unpaired) electrons. The number of esters is 5. The molecule has 1 unspecified atom stereocenters. The van der Waals surface area contributed by atoms with Crippen LogP contribution in [0, 0.1) is 22.7 Å². The minimum Gasteiger partial charge on any atom is -0.481 e. The zero-order valence-electron chi connectivity index (χ0n) is 41.2. The van der Waals surface area contributed by atoms with Crippen LogP contribution < -0.4 is 5.32 Å². The number of ether oxygens (including phenoxy) is 9. The number of carboxylic acid groups (broad SMARTS) is 1. The fourth-order valence-electron chi connectivity index (χ4n) is 11.2.